The van der Waals surface area contributed by atoms with Gasteiger partial charge in [0.05, 0.1) is 11.5 Å². The molecule has 142 valence electrons. The number of halogens is 1. The Labute approximate surface area is 155 Å². The lowest BCUT2D eigenvalue weighted by atomic mass is 10.2. The number of carbonyl (C=O) groups excluding carboxylic acids is 1. The van der Waals surface area contributed by atoms with Gasteiger partial charge in [-0.15, -0.1) is 12.4 Å². The molecule has 1 unspecified atom stereocenters. The Morgan fingerprint density at radius 2 is 1.92 bits per heavy atom. The number of sulfonamides is 1. The van der Waals surface area contributed by atoms with Crippen molar-refractivity contribution in [3.8, 4) is 0 Å². The van der Waals surface area contributed by atoms with Gasteiger partial charge in [0, 0.05) is 26.7 Å². The molecule has 1 atom stereocenters. The molecule has 0 spiro atoms. The fourth-order valence-corrected chi connectivity index (χ4v) is 4.45. The summed E-state index contributed by atoms with van der Waals surface area (Å²) in [5.41, 5.74) is 6.23. The number of piperidine rings is 1. The summed E-state index contributed by atoms with van der Waals surface area (Å²) < 4.78 is 32.1. The van der Waals surface area contributed by atoms with E-state index in [1.54, 1.807) is 24.3 Å². The average molecular weight is 392 g/mol. The summed E-state index contributed by atoms with van der Waals surface area (Å²) in [7, 11) is -2.08. The SMILES string of the molecule is COCC(N)C(=O)NCc1ccccc1S(=O)(=O)N1CCCCC1.Cl. The molecule has 3 N–H and O–H groups in total. The summed E-state index contributed by atoms with van der Waals surface area (Å²) in [5, 5.41) is 2.67. The lowest BCUT2D eigenvalue weighted by Gasteiger charge is -2.27. The number of benzene rings is 1. The molecule has 0 aliphatic carbocycles. The third-order valence-electron chi connectivity index (χ3n) is 4.04. The summed E-state index contributed by atoms with van der Waals surface area (Å²) in [5.74, 6) is -0.373. The molecule has 1 aromatic carbocycles. The van der Waals surface area contributed by atoms with E-state index in [1.807, 2.05) is 0 Å². The molecule has 0 aromatic heterocycles. The Morgan fingerprint density at radius 3 is 2.56 bits per heavy atom. The fraction of sp³-hybridized carbons (Fsp3) is 0.562. The zero-order valence-corrected chi connectivity index (χ0v) is 15.9. The van der Waals surface area contributed by atoms with Crippen LogP contribution in [0.3, 0.4) is 0 Å². The Balaban J connectivity index is 0.00000312. The zero-order chi connectivity index (χ0) is 17.6. The highest BCUT2D eigenvalue weighted by Crippen LogP contribution is 2.23. The van der Waals surface area contributed by atoms with Crippen molar-refractivity contribution in [1.82, 2.24) is 9.62 Å². The van der Waals surface area contributed by atoms with Crippen LogP contribution in [0, 0.1) is 0 Å². The first kappa shape index (κ1) is 21.9. The van der Waals surface area contributed by atoms with E-state index in [1.165, 1.54) is 11.4 Å². The second-order valence-corrected chi connectivity index (χ2v) is 7.76. The van der Waals surface area contributed by atoms with Crippen LogP contribution >= 0.6 is 12.4 Å². The van der Waals surface area contributed by atoms with Crippen molar-refractivity contribution >= 4 is 28.3 Å². The van der Waals surface area contributed by atoms with Crippen molar-refractivity contribution < 1.29 is 17.9 Å². The monoisotopic (exact) mass is 391 g/mol. The highest BCUT2D eigenvalue weighted by atomic mass is 35.5. The van der Waals surface area contributed by atoms with Crippen LogP contribution in [0.15, 0.2) is 29.2 Å². The van der Waals surface area contributed by atoms with Gasteiger partial charge in [-0.3, -0.25) is 4.79 Å². The van der Waals surface area contributed by atoms with Gasteiger partial charge in [0.1, 0.15) is 6.04 Å². The molecule has 1 amide bonds. The summed E-state index contributed by atoms with van der Waals surface area (Å²) in [6.45, 7) is 1.31. The van der Waals surface area contributed by atoms with Crippen LogP contribution in [0.4, 0.5) is 0 Å². The average Bonchev–Trinajstić information content (AvgIpc) is 2.60. The number of amides is 1. The first-order valence-electron chi connectivity index (χ1n) is 8.07. The Hall–Kier alpha value is -1.19. The van der Waals surface area contributed by atoms with Gasteiger partial charge in [0.2, 0.25) is 15.9 Å². The van der Waals surface area contributed by atoms with Crippen molar-refractivity contribution in [3.05, 3.63) is 29.8 Å². The topological polar surface area (TPSA) is 102 Å². The van der Waals surface area contributed by atoms with Gasteiger partial charge >= 0.3 is 0 Å². The number of ether oxygens (including phenoxy) is 1. The normalized spacial score (nSPS) is 16.7. The number of carbonyl (C=O) groups is 1. The Kier molecular flexibility index (Phi) is 8.81. The maximum absolute atomic E-state index is 12.9. The molecule has 25 heavy (non-hydrogen) atoms. The van der Waals surface area contributed by atoms with Crippen LogP contribution in [-0.4, -0.2) is 51.5 Å². The molecule has 1 heterocycles. The quantitative estimate of drug-likeness (QED) is 0.718. The molecular weight excluding hydrogens is 366 g/mol. The zero-order valence-electron chi connectivity index (χ0n) is 14.3. The van der Waals surface area contributed by atoms with Crippen LogP contribution < -0.4 is 11.1 Å². The molecule has 1 aliphatic heterocycles. The third-order valence-corrected chi connectivity index (χ3v) is 6.04. The summed E-state index contributed by atoms with van der Waals surface area (Å²) in [4.78, 5) is 12.1. The minimum atomic E-state index is -3.54. The van der Waals surface area contributed by atoms with Crippen LogP contribution in [-0.2, 0) is 26.1 Å². The molecular formula is C16H26ClN3O4S. The van der Waals surface area contributed by atoms with E-state index in [-0.39, 0.29) is 36.4 Å². The smallest absolute Gasteiger partial charge is 0.243 e. The maximum Gasteiger partial charge on any atom is 0.243 e. The molecule has 7 nitrogen and oxygen atoms in total. The van der Waals surface area contributed by atoms with Crippen molar-refractivity contribution in [3.63, 3.8) is 0 Å². The molecule has 0 saturated carbocycles. The molecule has 0 bridgehead atoms. The highest BCUT2D eigenvalue weighted by Gasteiger charge is 2.28. The van der Waals surface area contributed by atoms with Gasteiger partial charge in [-0.25, -0.2) is 8.42 Å². The van der Waals surface area contributed by atoms with E-state index in [2.05, 4.69) is 5.32 Å². The van der Waals surface area contributed by atoms with Crippen LogP contribution in [0.25, 0.3) is 0 Å². The number of nitrogens with one attached hydrogen (secondary N) is 1. The molecule has 1 saturated heterocycles. The van der Waals surface area contributed by atoms with E-state index in [0.29, 0.717) is 18.7 Å². The molecule has 1 aliphatic rings. The summed E-state index contributed by atoms with van der Waals surface area (Å²) in [6, 6.07) is 5.96. The maximum atomic E-state index is 12.9. The van der Waals surface area contributed by atoms with Crippen molar-refractivity contribution in [1.29, 1.82) is 0 Å². The summed E-state index contributed by atoms with van der Waals surface area (Å²) >= 11 is 0. The lowest BCUT2D eigenvalue weighted by Crippen LogP contribution is -2.43. The second kappa shape index (κ2) is 10.1. The van der Waals surface area contributed by atoms with Gasteiger partial charge in [-0.2, -0.15) is 4.31 Å². The number of hydrogen-bond donors (Lipinski definition) is 2. The predicted molar refractivity (Wildman–Crippen MR) is 98.0 cm³/mol. The largest absolute Gasteiger partial charge is 0.383 e. The Bertz CT molecular complexity index is 663. The number of nitrogens with two attached hydrogens (primary N) is 1. The van der Waals surface area contributed by atoms with Crippen molar-refractivity contribution in [2.75, 3.05) is 26.8 Å². The summed E-state index contributed by atoms with van der Waals surface area (Å²) in [6.07, 6.45) is 2.81. The van der Waals surface area contributed by atoms with Gasteiger partial charge in [0.25, 0.3) is 0 Å². The standard InChI is InChI=1S/C16H25N3O4S.ClH/c1-23-12-14(17)16(20)18-11-13-7-3-4-8-15(13)24(21,22)19-9-5-2-6-10-19;/h3-4,7-8,14H,2,5-6,9-12,17H2,1H3,(H,18,20);1H. The van der Waals surface area contributed by atoms with E-state index in [0.717, 1.165) is 19.3 Å². The van der Waals surface area contributed by atoms with Crippen LogP contribution in [0.5, 0.6) is 0 Å². The van der Waals surface area contributed by atoms with Crippen molar-refractivity contribution in [2.24, 2.45) is 5.73 Å². The van der Waals surface area contributed by atoms with Crippen LogP contribution in [0.2, 0.25) is 0 Å². The molecule has 9 heteroatoms. The van der Waals surface area contributed by atoms with Crippen molar-refractivity contribution in [2.45, 2.75) is 36.7 Å². The van der Waals surface area contributed by atoms with Gasteiger partial charge in [-0.05, 0) is 24.5 Å². The minimum absolute atomic E-state index is 0. The van der Waals surface area contributed by atoms with Gasteiger partial charge < -0.3 is 15.8 Å². The molecule has 2 rings (SSSR count). The number of rotatable bonds is 7. The third kappa shape index (κ3) is 5.65. The number of hydrogen-bond acceptors (Lipinski definition) is 5. The first-order chi connectivity index (χ1) is 11.5. The lowest BCUT2D eigenvalue weighted by molar-refractivity contribution is -0.123. The number of nitrogens with zero attached hydrogens (tertiary/aromatic N) is 1. The van der Waals surface area contributed by atoms with E-state index < -0.39 is 16.1 Å². The molecule has 1 fully saturated rings. The minimum Gasteiger partial charge on any atom is -0.383 e. The first-order valence-corrected chi connectivity index (χ1v) is 9.51. The number of methoxy groups -OCH3 is 1. The molecule has 0 radical (unpaired) electrons. The van der Waals surface area contributed by atoms with Gasteiger partial charge in [-0.1, -0.05) is 24.6 Å². The van der Waals surface area contributed by atoms with E-state index in [9.17, 15) is 13.2 Å². The highest BCUT2D eigenvalue weighted by molar-refractivity contribution is 7.89. The van der Waals surface area contributed by atoms with E-state index in [4.69, 9.17) is 10.5 Å². The fourth-order valence-electron chi connectivity index (χ4n) is 2.71. The van der Waals surface area contributed by atoms with Crippen LogP contribution in [0.1, 0.15) is 24.8 Å². The predicted octanol–water partition coefficient (Wildman–Crippen LogP) is 0.873. The molecule has 1 aromatic rings. The second-order valence-electron chi connectivity index (χ2n) is 5.85. The Morgan fingerprint density at radius 1 is 1.28 bits per heavy atom. The van der Waals surface area contributed by atoms with E-state index >= 15 is 0 Å². The van der Waals surface area contributed by atoms with Gasteiger partial charge in [0.15, 0.2) is 0 Å².